The van der Waals surface area contributed by atoms with Crippen molar-refractivity contribution in [2.24, 2.45) is 0 Å². The Morgan fingerprint density at radius 3 is 1.85 bits per heavy atom. The van der Waals surface area contributed by atoms with Crippen LogP contribution in [0.3, 0.4) is 0 Å². The van der Waals surface area contributed by atoms with E-state index in [1.807, 2.05) is 12.1 Å². The van der Waals surface area contributed by atoms with Gasteiger partial charge in [0.25, 0.3) is 0 Å². The highest BCUT2D eigenvalue weighted by Gasteiger charge is 2.19. The van der Waals surface area contributed by atoms with Gasteiger partial charge in [0.15, 0.2) is 0 Å². The van der Waals surface area contributed by atoms with Crippen LogP contribution in [-0.4, -0.2) is 0 Å². The molecule has 0 saturated heterocycles. The zero-order valence-electron chi connectivity index (χ0n) is 28.7. The third-order valence-corrected chi connectivity index (χ3v) is 10.6. The van der Waals surface area contributed by atoms with Crippen LogP contribution in [0, 0.1) is 0 Å². The molecule has 0 aliphatic rings. The topological polar surface area (TPSA) is 29.5 Å². The molecule has 0 saturated carbocycles. The van der Waals surface area contributed by atoms with Gasteiger partial charge in [-0.2, -0.15) is 0 Å². The monoisotopic (exact) mass is 677 g/mol. The molecular formula is C50H31NO2. The summed E-state index contributed by atoms with van der Waals surface area (Å²) in [6, 6.07) is 66.9. The number of anilines is 3. The molecule has 3 nitrogen and oxygen atoms in total. The second-order valence-electron chi connectivity index (χ2n) is 13.7. The molecule has 11 rings (SSSR count). The van der Waals surface area contributed by atoms with Gasteiger partial charge in [-0.1, -0.05) is 121 Å². The Kier molecular flexibility index (Phi) is 6.55. The minimum atomic E-state index is 0.875. The maximum atomic E-state index is 6.58. The van der Waals surface area contributed by atoms with Gasteiger partial charge in [-0.15, -0.1) is 0 Å². The van der Waals surface area contributed by atoms with Gasteiger partial charge in [0.1, 0.15) is 22.3 Å². The molecule has 0 spiro atoms. The van der Waals surface area contributed by atoms with Gasteiger partial charge in [0, 0.05) is 44.0 Å². The second-order valence-corrected chi connectivity index (χ2v) is 13.7. The van der Waals surface area contributed by atoms with Gasteiger partial charge < -0.3 is 13.7 Å². The van der Waals surface area contributed by atoms with Crippen molar-refractivity contribution < 1.29 is 8.83 Å². The lowest BCUT2D eigenvalue weighted by Gasteiger charge is -2.26. The van der Waals surface area contributed by atoms with Crippen LogP contribution in [0.25, 0.3) is 87.7 Å². The molecule has 0 atom stereocenters. The van der Waals surface area contributed by atoms with Gasteiger partial charge in [0.05, 0.1) is 0 Å². The number of fused-ring (bicyclic) bond motifs is 9. The number of hydrogen-bond acceptors (Lipinski definition) is 3. The normalized spacial score (nSPS) is 11.8. The minimum absolute atomic E-state index is 0.875. The first-order valence-corrected chi connectivity index (χ1v) is 18.0. The molecule has 0 bridgehead atoms. The van der Waals surface area contributed by atoms with Crippen molar-refractivity contribution in [1.82, 2.24) is 0 Å². The van der Waals surface area contributed by atoms with Crippen LogP contribution >= 0.6 is 0 Å². The molecule has 0 N–H and O–H groups in total. The summed E-state index contributed by atoms with van der Waals surface area (Å²) in [4.78, 5) is 2.36. The number of furan rings is 2. The van der Waals surface area contributed by atoms with Crippen molar-refractivity contribution >= 4 is 82.5 Å². The van der Waals surface area contributed by atoms with E-state index in [9.17, 15) is 0 Å². The van der Waals surface area contributed by atoms with Crippen LogP contribution in [0.4, 0.5) is 17.1 Å². The summed E-state index contributed by atoms with van der Waals surface area (Å²) in [5.74, 6) is 0. The molecular weight excluding hydrogens is 647 g/mol. The Balaban J connectivity index is 1.11. The van der Waals surface area contributed by atoms with Gasteiger partial charge in [0.2, 0.25) is 0 Å². The van der Waals surface area contributed by atoms with Crippen molar-refractivity contribution in [2.45, 2.75) is 0 Å². The van der Waals surface area contributed by atoms with E-state index < -0.39 is 0 Å². The SMILES string of the molecule is c1cc(-c2ccc3ccccc3c2)cc(N(c2cccc(-c3cccc4oc5c6ccccc6ccc5c34)c2)c2ccc3oc4ccccc4c3c2)c1. The van der Waals surface area contributed by atoms with Gasteiger partial charge >= 0.3 is 0 Å². The first kappa shape index (κ1) is 29.6. The summed E-state index contributed by atoms with van der Waals surface area (Å²) in [5, 5.41) is 9.21. The molecule has 3 heteroatoms. The predicted octanol–water partition coefficient (Wildman–Crippen LogP) is 14.6. The van der Waals surface area contributed by atoms with Gasteiger partial charge in [-0.25, -0.2) is 0 Å². The number of nitrogens with zero attached hydrogens (tertiary/aromatic N) is 1. The van der Waals surface area contributed by atoms with Crippen LogP contribution in [0.5, 0.6) is 0 Å². The summed E-state index contributed by atoms with van der Waals surface area (Å²) >= 11 is 0. The Hall–Kier alpha value is -7.10. The Labute approximate surface area is 305 Å². The zero-order chi connectivity index (χ0) is 34.9. The van der Waals surface area contributed by atoms with Crippen molar-refractivity contribution in [3.63, 3.8) is 0 Å². The number of hydrogen-bond donors (Lipinski definition) is 0. The summed E-state index contributed by atoms with van der Waals surface area (Å²) in [6.45, 7) is 0. The molecule has 0 amide bonds. The van der Waals surface area contributed by atoms with E-state index in [2.05, 4.69) is 181 Å². The molecule has 0 unspecified atom stereocenters. The molecule has 248 valence electrons. The molecule has 2 heterocycles. The fraction of sp³-hybridized carbons (Fsp3) is 0. The van der Waals surface area contributed by atoms with E-state index in [0.717, 1.165) is 83.0 Å². The van der Waals surface area contributed by atoms with E-state index in [0.29, 0.717) is 0 Å². The maximum Gasteiger partial charge on any atom is 0.143 e. The fourth-order valence-electron chi connectivity index (χ4n) is 8.10. The van der Waals surface area contributed by atoms with E-state index >= 15 is 0 Å². The number of para-hydroxylation sites is 1. The van der Waals surface area contributed by atoms with E-state index in [4.69, 9.17) is 8.83 Å². The molecule has 0 aliphatic carbocycles. The van der Waals surface area contributed by atoms with Crippen LogP contribution in [0.2, 0.25) is 0 Å². The highest BCUT2D eigenvalue weighted by molar-refractivity contribution is 6.19. The molecule has 53 heavy (non-hydrogen) atoms. The Bertz CT molecular complexity index is 3200. The third-order valence-electron chi connectivity index (χ3n) is 10.6. The number of rotatable bonds is 5. The van der Waals surface area contributed by atoms with E-state index in [-0.39, 0.29) is 0 Å². The highest BCUT2D eigenvalue weighted by atomic mass is 16.3. The maximum absolute atomic E-state index is 6.58. The standard InChI is InChI=1S/C50H31NO2/c1-2-12-34-28-36(23-22-32(34)10-1)35-13-7-15-38(29-35)51(40-25-27-47-45(31-40)43-18-5-6-20-46(43)52-47)39-16-8-14-37(30-39)41-19-9-21-48-49(41)44-26-24-33-11-3-4-17-42(33)50(44)53-48/h1-31H. The fourth-order valence-corrected chi connectivity index (χ4v) is 8.10. The van der Waals surface area contributed by atoms with Crippen LogP contribution in [0.1, 0.15) is 0 Å². The highest BCUT2D eigenvalue weighted by Crippen LogP contribution is 2.43. The number of benzene rings is 9. The smallest absolute Gasteiger partial charge is 0.143 e. The summed E-state index contributed by atoms with van der Waals surface area (Å²) < 4.78 is 12.8. The third kappa shape index (κ3) is 4.82. The first-order valence-electron chi connectivity index (χ1n) is 18.0. The lowest BCUT2D eigenvalue weighted by molar-refractivity contribution is 0.669. The average molecular weight is 678 g/mol. The Morgan fingerprint density at radius 2 is 0.962 bits per heavy atom. The zero-order valence-corrected chi connectivity index (χ0v) is 28.7. The molecule has 11 aromatic rings. The van der Waals surface area contributed by atoms with Crippen LogP contribution in [-0.2, 0) is 0 Å². The molecule has 2 aromatic heterocycles. The minimum Gasteiger partial charge on any atom is -0.456 e. The largest absolute Gasteiger partial charge is 0.456 e. The second kappa shape index (κ2) is 11.7. The summed E-state index contributed by atoms with van der Waals surface area (Å²) in [6.07, 6.45) is 0. The Morgan fingerprint density at radius 1 is 0.321 bits per heavy atom. The van der Waals surface area contributed by atoms with Gasteiger partial charge in [-0.05, 0) is 105 Å². The lowest BCUT2D eigenvalue weighted by Crippen LogP contribution is -2.10. The lowest BCUT2D eigenvalue weighted by atomic mass is 9.97. The first-order chi connectivity index (χ1) is 26.2. The average Bonchev–Trinajstić information content (AvgIpc) is 3.80. The molecule has 0 fully saturated rings. The summed E-state index contributed by atoms with van der Waals surface area (Å²) in [5.41, 5.74) is 11.3. The molecule has 0 radical (unpaired) electrons. The van der Waals surface area contributed by atoms with Gasteiger partial charge in [-0.3, -0.25) is 0 Å². The van der Waals surface area contributed by atoms with Crippen molar-refractivity contribution in [1.29, 1.82) is 0 Å². The van der Waals surface area contributed by atoms with Crippen molar-refractivity contribution in [2.75, 3.05) is 4.90 Å². The van der Waals surface area contributed by atoms with E-state index in [1.54, 1.807) is 0 Å². The molecule has 0 aliphatic heterocycles. The van der Waals surface area contributed by atoms with Crippen molar-refractivity contribution in [3.8, 4) is 22.3 Å². The van der Waals surface area contributed by atoms with Crippen molar-refractivity contribution in [3.05, 3.63) is 188 Å². The predicted molar refractivity (Wildman–Crippen MR) is 222 cm³/mol. The van der Waals surface area contributed by atoms with E-state index in [1.165, 1.54) is 21.7 Å². The van der Waals surface area contributed by atoms with Crippen LogP contribution < -0.4 is 4.90 Å². The quantitative estimate of drug-likeness (QED) is 0.182. The summed E-state index contributed by atoms with van der Waals surface area (Å²) in [7, 11) is 0. The molecule has 9 aromatic carbocycles. The van der Waals surface area contributed by atoms with Crippen LogP contribution in [0.15, 0.2) is 197 Å².